The molecule has 0 radical (unpaired) electrons. The summed E-state index contributed by atoms with van der Waals surface area (Å²) >= 11 is 18.0. The van der Waals surface area contributed by atoms with Crippen molar-refractivity contribution < 1.29 is 0 Å². The summed E-state index contributed by atoms with van der Waals surface area (Å²) in [5, 5.41) is 5.02. The summed E-state index contributed by atoms with van der Waals surface area (Å²) in [5.41, 5.74) is 0.867. The summed E-state index contributed by atoms with van der Waals surface area (Å²) in [6.07, 6.45) is 0. The van der Waals surface area contributed by atoms with Crippen molar-refractivity contribution in [3.63, 3.8) is 0 Å². The lowest BCUT2D eigenvalue weighted by molar-refractivity contribution is 0.552. The summed E-state index contributed by atoms with van der Waals surface area (Å²) in [5.74, 6) is 0.599. The number of hydrogen-bond acceptors (Lipinski definition) is 1. The lowest BCUT2D eigenvalue weighted by atomic mass is 10.2. The molecule has 0 aliphatic carbocycles. The Bertz CT molecular complexity index is 337. The first kappa shape index (κ1) is 13.1. The Morgan fingerprint density at radius 3 is 2.33 bits per heavy atom. The van der Waals surface area contributed by atoms with Gasteiger partial charge in [0.2, 0.25) is 0 Å². The third-order valence-electron chi connectivity index (χ3n) is 1.99. The van der Waals surface area contributed by atoms with Gasteiger partial charge in [-0.25, -0.2) is 0 Å². The fourth-order valence-corrected chi connectivity index (χ4v) is 1.90. The van der Waals surface area contributed by atoms with Crippen LogP contribution in [0.1, 0.15) is 19.4 Å². The summed E-state index contributed by atoms with van der Waals surface area (Å²) in [6.45, 7) is 5.87. The van der Waals surface area contributed by atoms with Crippen LogP contribution in [0.2, 0.25) is 15.1 Å². The van der Waals surface area contributed by atoms with E-state index in [9.17, 15) is 0 Å². The van der Waals surface area contributed by atoms with Gasteiger partial charge in [-0.15, -0.1) is 0 Å². The Morgan fingerprint density at radius 2 is 1.73 bits per heavy atom. The number of hydrogen-bond donors (Lipinski definition) is 1. The van der Waals surface area contributed by atoms with Crippen LogP contribution in [0.25, 0.3) is 0 Å². The van der Waals surface area contributed by atoms with E-state index in [2.05, 4.69) is 19.2 Å². The summed E-state index contributed by atoms with van der Waals surface area (Å²) < 4.78 is 0. The minimum atomic E-state index is 0.542. The molecular formula is C11H14Cl3N. The van der Waals surface area contributed by atoms with Gasteiger partial charge in [0.05, 0.1) is 10.0 Å². The molecule has 15 heavy (non-hydrogen) atoms. The average Bonchev–Trinajstić information content (AvgIpc) is 2.17. The van der Waals surface area contributed by atoms with E-state index in [0.29, 0.717) is 27.5 Å². The lowest BCUT2D eigenvalue weighted by Gasteiger charge is -2.11. The van der Waals surface area contributed by atoms with Crippen LogP contribution < -0.4 is 5.32 Å². The highest BCUT2D eigenvalue weighted by molar-refractivity contribution is 6.44. The second kappa shape index (κ2) is 5.95. The normalized spacial score (nSPS) is 11.1. The van der Waals surface area contributed by atoms with Crippen molar-refractivity contribution in [2.45, 2.75) is 20.4 Å². The predicted molar refractivity (Wildman–Crippen MR) is 68.0 cm³/mol. The van der Waals surface area contributed by atoms with Crippen molar-refractivity contribution in [2.24, 2.45) is 5.92 Å². The number of rotatable bonds is 4. The van der Waals surface area contributed by atoms with E-state index in [1.54, 1.807) is 12.1 Å². The zero-order chi connectivity index (χ0) is 11.4. The summed E-state index contributed by atoms with van der Waals surface area (Å²) in [6, 6.07) is 3.47. The van der Waals surface area contributed by atoms with Gasteiger partial charge in [0.15, 0.2) is 0 Å². The van der Waals surface area contributed by atoms with Crippen molar-refractivity contribution >= 4 is 34.8 Å². The molecule has 0 bridgehead atoms. The molecule has 1 aromatic carbocycles. The van der Waals surface area contributed by atoms with Gasteiger partial charge in [-0.05, 0) is 24.6 Å². The topological polar surface area (TPSA) is 12.0 Å². The van der Waals surface area contributed by atoms with E-state index in [1.165, 1.54) is 0 Å². The Labute approximate surface area is 106 Å². The van der Waals surface area contributed by atoms with E-state index in [0.717, 1.165) is 12.1 Å². The summed E-state index contributed by atoms with van der Waals surface area (Å²) in [4.78, 5) is 0. The van der Waals surface area contributed by atoms with Gasteiger partial charge >= 0.3 is 0 Å². The molecule has 84 valence electrons. The molecule has 0 aromatic heterocycles. The molecule has 0 unspecified atom stereocenters. The molecule has 0 fully saturated rings. The number of benzene rings is 1. The second-order valence-corrected chi connectivity index (χ2v) is 5.04. The van der Waals surface area contributed by atoms with Gasteiger partial charge < -0.3 is 5.32 Å². The largest absolute Gasteiger partial charge is 0.312 e. The van der Waals surface area contributed by atoms with Crippen LogP contribution in [0.5, 0.6) is 0 Å². The zero-order valence-electron chi connectivity index (χ0n) is 8.78. The molecule has 1 aromatic rings. The van der Waals surface area contributed by atoms with Crippen LogP contribution in [-0.2, 0) is 6.54 Å². The van der Waals surface area contributed by atoms with Gasteiger partial charge in [-0.2, -0.15) is 0 Å². The third-order valence-corrected chi connectivity index (χ3v) is 3.19. The van der Waals surface area contributed by atoms with E-state index >= 15 is 0 Å². The van der Waals surface area contributed by atoms with Gasteiger partial charge in [0.1, 0.15) is 0 Å². The Balaban J connectivity index is 2.71. The van der Waals surface area contributed by atoms with Gasteiger partial charge in [-0.1, -0.05) is 48.7 Å². The molecule has 1 rings (SSSR count). The highest BCUT2D eigenvalue weighted by atomic mass is 35.5. The quantitative estimate of drug-likeness (QED) is 0.797. The number of halogens is 3. The van der Waals surface area contributed by atoms with Crippen LogP contribution in [0.15, 0.2) is 12.1 Å². The van der Waals surface area contributed by atoms with Crippen LogP contribution in [0.4, 0.5) is 0 Å². The molecule has 1 N–H and O–H groups in total. The first-order valence-corrected chi connectivity index (χ1v) is 5.99. The average molecular weight is 267 g/mol. The third kappa shape index (κ3) is 3.84. The molecule has 0 aliphatic rings. The maximum atomic E-state index is 6.06. The molecule has 0 spiro atoms. The van der Waals surface area contributed by atoms with E-state index in [4.69, 9.17) is 34.8 Å². The summed E-state index contributed by atoms with van der Waals surface area (Å²) in [7, 11) is 0. The van der Waals surface area contributed by atoms with Crippen LogP contribution >= 0.6 is 34.8 Å². The monoisotopic (exact) mass is 265 g/mol. The molecule has 4 heteroatoms. The van der Waals surface area contributed by atoms with Gasteiger partial charge in [-0.3, -0.25) is 0 Å². The van der Waals surface area contributed by atoms with Crippen molar-refractivity contribution in [2.75, 3.05) is 6.54 Å². The zero-order valence-corrected chi connectivity index (χ0v) is 11.0. The minimum Gasteiger partial charge on any atom is -0.312 e. The first-order valence-electron chi connectivity index (χ1n) is 4.85. The smallest absolute Gasteiger partial charge is 0.0652 e. The van der Waals surface area contributed by atoms with Gasteiger partial charge in [0, 0.05) is 17.1 Å². The Morgan fingerprint density at radius 1 is 1.13 bits per heavy atom. The van der Waals surface area contributed by atoms with Crippen LogP contribution in [-0.4, -0.2) is 6.54 Å². The molecule has 1 nitrogen and oxygen atoms in total. The Hall–Kier alpha value is 0.0500. The molecule has 0 atom stereocenters. The molecule has 0 saturated carbocycles. The SMILES string of the molecule is CC(C)CNCc1c(Cl)ccc(Cl)c1Cl. The van der Waals surface area contributed by atoms with Crippen LogP contribution in [0.3, 0.4) is 0 Å². The van der Waals surface area contributed by atoms with E-state index < -0.39 is 0 Å². The Kier molecular flexibility index (Phi) is 5.20. The molecule has 0 heterocycles. The molecule has 0 amide bonds. The highest BCUT2D eigenvalue weighted by Crippen LogP contribution is 2.31. The molecule has 0 saturated heterocycles. The minimum absolute atomic E-state index is 0.542. The maximum Gasteiger partial charge on any atom is 0.0652 e. The number of nitrogens with one attached hydrogen (secondary N) is 1. The van der Waals surface area contributed by atoms with E-state index in [-0.39, 0.29) is 0 Å². The maximum absolute atomic E-state index is 6.06. The molecule has 0 aliphatic heterocycles. The van der Waals surface area contributed by atoms with Crippen molar-refractivity contribution in [3.8, 4) is 0 Å². The van der Waals surface area contributed by atoms with Crippen molar-refractivity contribution in [1.29, 1.82) is 0 Å². The fourth-order valence-electron chi connectivity index (χ4n) is 1.22. The van der Waals surface area contributed by atoms with Crippen molar-refractivity contribution in [3.05, 3.63) is 32.8 Å². The van der Waals surface area contributed by atoms with Crippen LogP contribution in [0, 0.1) is 5.92 Å². The standard InChI is InChI=1S/C11H14Cl3N/c1-7(2)5-15-6-8-9(12)3-4-10(13)11(8)14/h3-4,7,15H,5-6H2,1-2H3. The first-order chi connectivity index (χ1) is 7.02. The second-order valence-electron chi connectivity index (χ2n) is 3.85. The van der Waals surface area contributed by atoms with E-state index in [1.807, 2.05) is 0 Å². The van der Waals surface area contributed by atoms with Crippen molar-refractivity contribution in [1.82, 2.24) is 5.32 Å². The predicted octanol–water partition coefficient (Wildman–Crippen LogP) is 4.39. The lowest BCUT2D eigenvalue weighted by Crippen LogP contribution is -2.19. The highest BCUT2D eigenvalue weighted by Gasteiger charge is 2.09. The molecular weight excluding hydrogens is 252 g/mol. The fraction of sp³-hybridized carbons (Fsp3) is 0.455. The van der Waals surface area contributed by atoms with Gasteiger partial charge in [0.25, 0.3) is 0 Å².